The number of pyridine rings is 2. The van der Waals surface area contributed by atoms with Crippen LogP contribution in [0.4, 0.5) is 16.3 Å². The molecule has 2 amide bonds. The van der Waals surface area contributed by atoms with Gasteiger partial charge in [0.15, 0.2) is 5.82 Å². The fourth-order valence-corrected chi connectivity index (χ4v) is 3.34. The first kappa shape index (κ1) is 23.6. The third-order valence-corrected chi connectivity index (χ3v) is 4.90. The van der Waals surface area contributed by atoms with Gasteiger partial charge in [-0.2, -0.15) is 0 Å². The van der Waals surface area contributed by atoms with Crippen LogP contribution in [0.3, 0.4) is 0 Å². The van der Waals surface area contributed by atoms with Gasteiger partial charge >= 0.3 is 6.09 Å². The molecule has 32 heavy (non-hydrogen) atoms. The molecule has 2 heterocycles. The number of anilines is 2. The molecule has 10 heteroatoms. The summed E-state index contributed by atoms with van der Waals surface area (Å²) in [6, 6.07) is 6.91. The van der Waals surface area contributed by atoms with E-state index in [1.807, 2.05) is 0 Å². The molecule has 1 aromatic carbocycles. The molecule has 0 spiro atoms. The molecule has 3 rings (SSSR count). The van der Waals surface area contributed by atoms with Gasteiger partial charge in [0, 0.05) is 24.8 Å². The molecule has 0 unspecified atom stereocenters. The van der Waals surface area contributed by atoms with Crippen LogP contribution in [0.25, 0.3) is 10.9 Å². The minimum Gasteiger partial charge on any atom is -0.494 e. The van der Waals surface area contributed by atoms with Crippen molar-refractivity contribution in [2.24, 2.45) is 0 Å². The second-order valence-electron chi connectivity index (χ2n) is 7.86. The smallest absolute Gasteiger partial charge is 0.415 e. The lowest BCUT2D eigenvalue weighted by atomic mass is 10.1. The first-order chi connectivity index (χ1) is 15.0. The number of ether oxygens (including phenoxy) is 2. The highest BCUT2D eigenvalue weighted by Crippen LogP contribution is 2.33. The summed E-state index contributed by atoms with van der Waals surface area (Å²) in [6.07, 6.45) is 2.05. The molecule has 0 atom stereocenters. The van der Waals surface area contributed by atoms with Crippen molar-refractivity contribution in [1.82, 2.24) is 9.97 Å². The van der Waals surface area contributed by atoms with Gasteiger partial charge in [-0.25, -0.2) is 9.78 Å². The van der Waals surface area contributed by atoms with Crippen LogP contribution < -0.4 is 15.0 Å². The highest BCUT2D eigenvalue weighted by molar-refractivity contribution is 6.39. The van der Waals surface area contributed by atoms with E-state index in [-0.39, 0.29) is 27.1 Å². The maximum absolute atomic E-state index is 13.3. The number of carbonyl (C=O) groups is 2. The normalized spacial score (nSPS) is 11.2. The predicted molar refractivity (Wildman–Crippen MR) is 125 cm³/mol. The number of para-hydroxylation sites is 1. The van der Waals surface area contributed by atoms with E-state index in [0.717, 1.165) is 0 Å². The van der Waals surface area contributed by atoms with Gasteiger partial charge in [-0.3, -0.25) is 14.7 Å². The van der Waals surface area contributed by atoms with Gasteiger partial charge in [-0.1, -0.05) is 35.3 Å². The van der Waals surface area contributed by atoms with Gasteiger partial charge in [-0.05, 0) is 32.9 Å². The van der Waals surface area contributed by atoms with Crippen molar-refractivity contribution < 1.29 is 19.1 Å². The Morgan fingerprint density at radius 2 is 1.78 bits per heavy atom. The summed E-state index contributed by atoms with van der Waals surface area (Å²) in [5.74, 6) is 0.00574. The van der Waals surface area contributed by atoms with Crippen LogP contribution in [0.1, 0.15) is 31.1 Å². The van der Waals surface area contributed by atoms with Crippen molar-refractivity contribution in [3.8, 4) is 5.75 Å². The summed E-state index contributed by atoms with van der Waals surface area (Å²) in [6.45, 7) is 5.24. The van der Waals surface area contributed by atoms with E-state index in [2.05, 4.69) is 15.3 Å². The Balaban J connectivity index is 2.13. The lowest BCUT2D eigenvalue weighted by Crippen LogP contribution is -2.35. The van der Waals surface area contributed by atoms with Crippen molar-refractivity contribution in [2.45, 2.75) is 26.4 Å². The predicted octanol–water partition coefficient (Wildman–Crippen LogP) is 5.57. The zero-order chi connectivity index (χ0) is 23.6. The Hall–Kier alpha value is -3.10. The number of methoxy groups -OCH3 is 1. The lowest BCUT2D eigenvalue weighted by Gasteiger charge is -2.25. The second-order valence-corrected chi connectivity index (χ2v) is 8.68. The number of nitrogens with zero attached hydrogens (tertiary/aromatic N) is 3. The van der Waals surface area contributed by atoms with Gasteiger partial charge in [0.25, 0.3) is 5.91 Å². The Bertz CT molecular complexity index is 1170. The Labute approximate surface area is 195 Å². The van der Waals surface area contributed by atoms with E-state index in [0.29, 0.717) is 16.7 Å². The van der Waals surface area contributed by atoms with Gasteiger partial charge in [0.1, 0.15) is 16.9 Å². The van der Waals surface area contributed by atoms with E-state index in [9.17, 15) is 9.59 Å². The van der Waals surface area contributed by atoms with Crippen LogP contribution in [-0.4, -0.2) is 41.7 Å². The zero-order valence-corrected chi connectivity index (χ0v) is 19.7. The summed E-state index contributed by atoms with van der Waals surface area (Å²) >= 11 is 12.3. The van der Waals surface area contributed by atoms with Crippen molar-refractivity contribution in [3.63, 3.8) is 0 Å². The maximum Gasteiger partial charge on any atom is 0.415 e. The van der Waals surface area contributed by atoms with Crippen LogP contribution in [-0.2, 0) is 4.74 Å². The standard InChI is InChI=1S/C22H22Cl2N4O4/c1-22(2,3)32-21(30)28(4)19-13(9-12-7-6-8-16(31-5)17(12)26-19)20(29)27-18-14(23)10-25-11-15(18)24/h6-11H,1-5H3,(H,25,27,29). The number of benzene rings is 1. The second kappa shape index (κ2) is 9.18. The van der Waals surface area contributed by atoms with Crippen LogP contribution >= 0.6 is 23.2 Å². The van der Waals surface area contributed by atoms with Gasteiger partial charge in [-0.15, -0.1) is 0 Å². The number of carbonyl (C=O) groups excluding carboxylic acids is 2. The van der Waals surface area contributed by atoms with Gasteiger partial charge < -0.3 is 14.8 Å². The first-order valence-electron chi connectivity index (χ1n) is 9.56. The molecule has 0 saturated carbocycles. The third-order valence-electron chi connectivity index (χ3n) is 4.33. The van der Waals surface area contributed by atoms with Gasteiger partial charge in [0.2, 0.25) is 0 Å². The fourth-order valence-electron chi connectivity index (χ4n) is 2.88. The Morgan fingerprint density at radius 3 is 2.38 bits per heavy atom. The van der Waals surface area contributed by atoms with Crippen LogP contribution in [0, 0.1) is 0 Å². The van der Waals surface area contributed by atoms with Crippen LogP contribution in [0.15, 0.2) is 36.7 Å². The summed E-state index contributed by atoms with van der Waals surface area (Å²) in [4.78, 5) is 35.6. The average Bonchev–Trinajstić information content (AvgIpc) is 2.73. The molecular formula is C22H22Cl2N4O4. The molecule has 0 aliphatic carbocycles. The topological polar surface area (TPSA) is 93.7 Å². The van der Waals surface area contributed by atoms with Crippen molar-refractivity contribution >= 4 is 57.6 Å². The summed E-state index contributed by atoms with van der Waals surface area (Å²) in [7, 11) is 2.99. The minimum absolute atomic E-state index is 0.0788. The first-order valence-corrected chi connectivity index (χ1v) is 10.3. The van der Waals surface area contributed by atoms with E-state index >= 15 is 0 Å². The number of rotatable bonds is 4. The number of halogens is 2. The molecule has 0 saturated heterocycles. The van der Waals surface area contributed by atoms with E-state index in [1.54, 1.807) is 45.0 Å². The molecule has 0 fully saturated rings. The number of aromatic nitrogens is 2. The number of amides is 2. The Kier molecular flexibility index (Phi) is 6.76. The molecule has 0 aliphatic heterocycles. The van der Waals surface area contributed by atoms with Crippen molar-refractivity contribution in [1.29, 1.82) is 0 Å². The van der Waals surface area contributed by atoms with E-state index < -0.39 is 17.6 Å². The SMILES string of the molecule is COc1cccc2cc(C(=O)Nc3c(Cl)cncc3Cl)c(N(C)C(=O)OC(C)(C)C)nc12. The molecule has 0 aliphatic rings. The molecule has 168 valence electrons. The Morgan fingerprint density at radius 1 is 1.12 bits per heavy atom. The van der Waals surface area contributed by atoms with E-state index in [4.69, 9.17) is 32.7 Å². The van der Waals surface area contributed by atoms with Gasteiger partial charge in [0.05, 0.1) is 28.4 Å². The summed E-state index contributed by atoms with van der Waals surface area (Å²) < 4.78 is 10.8. The summed E-state index contributed by atoms with van der Waals surface area (Å²) in [5, 5.41) is 3.66. The van der Waals surface area contributed by atoms with E-state index in [1.165, 1.54) is 31.5 Å². The molecule has 0 bridgehead atoms. The monoisotopic (exact) mass is 476 g/mol. The molecule has 1 N–H and O–H groups in total. The molecule has 2 aromatic heterocycles. The molecular weight excluding hydrogens is 455 g/mol. The zero-order valence-electron chi connectivity index (χ0n) is 18.2. The number of fused-ring (bicyclic) bond motifs is 1. The highest BCUT2D eigenvalue weighted by atomic mass is 35.5. The van der Waals surface area contributed by atoms with Crippen molar-refractivity contribution in [2.75, 3.05) is 24.4 Å². The van der Waals surface area contributed by atoms with Crippen molar-refractivity contribution in [3.05, 3.63) is 52.3 Å². The molecule has 3 aromatic rings. The lowest BCUT2D eigenvalue weighted by molar-refractivity contribution is 0.0588. The van der Waals surface area contributed by atoms with Crippen LogP contribution in [0.2, 0.25) is 10.0 Å². The fraction of sp³-hybridized carbons (Fsp3) is 0.273. The number of nitrogens with one attached hydrogen (secondary N) is 1. The maximum atomic E-state index is 13.3. The molecule has 8 nitrogen and oxygen atoms in total. The largest absolute Gasteiger partial charge is 0.494 e. The highest BCUT2D eigenvalue weighted by Gasteiger charge is 2.27. The number of hydrogen-bond donors (Lipinski definition) is 1. The third kappa shape index (κ3) is 5.03. The number of hydrogen-bond acceptors (Lipinski definition) is 6. The molecule has 0 radical (unpaired) electrons. The minimum atomic E-state index is -0.736. The summed E-state index contributed by atoms with van der Waals surface area (Å²) in [5.41, 5.74) is 0.0605. The average molecular weight is 477 g/mol. The quantitative estimate of drug-likeness (QED) is 0.528. The van der Waals surface area contributed by atoms with Crippen LogP contribution in [0.5, 0.6) is 5.75 Å².